The van der Waals surface area contributed by atoms with Crippen molar-refractivity contribution in [2.45, 2.75) is 25.4 Å². The van der Waals surface area contributed by atoms with Gasteiger partial charge in [-0.2, -0.15) is 19.6 Å². The highest BCUT2D eigenvalue weighted by Gasteiger charge is 2.28. The first-order valence-corrected chi connectivity index (χ1v) is 7.74. The Hall–Kier alpha value is -3.03. The fourth-order valence-electron chi connectivity index (χ4n) is 2.71. The minimum atomic E-state index is -0.283. The summed E-state index contributed by atoms with van der Waals surface area (Å²) < 4.78 is 8.37. The Morgan fingerprint density at radius 3 is 2.75 bits per heavy atom. The van der Waals surface area contributed by atoms with Crippen LogP contribution in [0.2, 0.25) is 0 Å². The summed E-state index contributed by atoms with van der Waals surface area (Å²) in [5.74, 6) is 1.15. The summed E-state index contributed by atoms with van der Waals surface area (Å²) in [5.41, 5.74) is 2.58. The third kappa shape index (κ3) is 2.66. The van der Waals surface area contributed by atoms with E-state index in [1.807, 2.05) is 12.1 Å². The Kier molecular flexibility index (Phi) is 3.56. The van der Waals surface area contributed by atoms with Crippen molar-refractivity contribution in [2.75, 3.05) is 0 Å². The lowest BCUT2D eigenvalue weighted by molar-refractivity contribution is 0.302. The van der Waals surface area contributed by atoms with Gasteiger partial charge >= 0.3 is 5.69 Å². The standard InChI is InChI=1S/C16H16N6O2/c1-21-16(23)22(20-19-21)15-4-2-3-13(11-5-6-11)14(15)10-24-12-7-8-17-18-9-12/h2-4,7-9,11H,5-6,10H2,1H3. The number of hydrogen-bond acceptors (Lipinski definition) is 6. The van der Waals surface area contributed by atoms with Crippen LogP contribution in [0.4, 0.5) is 0 Å². The lowest BCUT2D eigenvalue weighted by Gasteiger charge is -2.14. The molecule has 1 aliphatic carbocycles. The molecule has 1 aromatic carbocycles. The molecule has 8 heteroatoms. The summed E-state index contributed by atoms with van der Waals surface area (Å²) >= 11 is 0. The van der Waals surface area contributed by atoms with Crippen LogP contribution in [0, 0.1) is 0 Å². The molecule has 0 spiro atoms. The normalized spacial score (nSPS) is 13.9. The summed E-state index contributed by atoms with van der Waals surface area (Å²) in [7, 11) is 1.58. The zero-order valence-electron chi connectivity index (χ0n) is 13.2. The number of nitrogens with zero attached hydrogens (tertiary/aromatic N) is 6. The van der Waals surface area contributed by atoms with Crippen LogP contribution in [-0.2, 0) is 13.7 Å². The minimum absolute atomic E-state index is 0.283. The highest BCUT2D eigenvalue weighted by molar-refractivity contribution is 5.47. The molecule has 8 nitrogen and oxygen atoms in total. The fourth-order valence-corrected chi connectivity index (χ4v) is 2.71. The van der Waals surface area contributed by atoms with E-state index in [-0.39, 0.29) is 5.69 Å². The molecule has 2 aromatic heterocycles. The Morgan fingerprint density at radius 2 is 2.08 bits per heavy atom. The van der Waals surface area contributed by atoms with E-state index in [0.29, 0.717) is 24.0 Å². The highest BCUT2D eigenvalue weighted by Crippen LogP contribution is 2.42. The van der Waals surface area contributed by atoms with E-state index < -0.39 is 0 Å². The predicted octanol–water partition coefficient (Wildman–Crippen LogP) is 1.21. The van der Waals surface area contributed by atoms with Crippen LogP contribution in [-0.4, -0.2) is 30.0 Å². The van der Waals surface area contributed by atoms with Gasteiger partial charge in [0.05, 0.1) is 18.1 Å². The Morgan fingerprint density at radius 1 is 1.21 bits per heavy atom. The van der Waals surface area contributed by atoms with E-state index in [1.165, 1.54) is 14.9 Å². The molecule has 2 heterocycles. The largest absolute Gasteiger partial charge is 0.487 e. The van der Waals surface area contributed by atoms with Crippen molar-refractivity contribution in [3.05, 3.63) is 58.3 Å². The quantitative estimate of drug-likeness (QED) is 0.701. The zero-order chi connectivity index (χ0) is 16.5. The molecule has 0 radical (unpaired) electrons. The van der Waals surface area contributed by atoms with Crippen molar-refractivity contribution in [3.63, 3.8) is 0 Å². The smallest absolute Gasteiger partial charge is 0.368 e. The van der Waals surface area contributed by atoms with Crippen LogP contribution in [0.15, 0.2) is 41.5 Å². The molecule has 0 atom stereocenters. The molecule has 3 aromatic rings. The van der Waals surface area contributed by atoms with Crippen molar-refractivity contribution >= 4 is 0 Å². The highest BCUT2D eigenvalue weighted by atomic mass is 16.5. The first-order valence-electron chi connectivity index (χ1n) is 7.74. The van der Waals surface area contributed by atoms with Gasteiger partial charge in [-0.3, -0.25) is 0 Å². The minimum Gasteiger partial charge on any atom is -0.487 e. The average molecular weight is 324 g/mol. The van der Waals surface area contributed by atoms with E-state index in [1.54, 1.807) is 25.5 Å². The van der Waals surface area contributed by atoms with Crippen molar-refractivity contribution in [1.82, 2.24) is 30.0 Å². The molecular formula is C16H16N6O2. The van der Waals surface area contributed by atoms with Gasteiger partial charge in [-0.05, 0) is 40.8 Å². The van der Waals surface area contributed by atoms with Gasteiger partial charge in [-0.1, -0.05) is 12.1 Å². The maximum Gasteiger partial charge on any atom is 0.368 e. The zero-order valence-corrected chi connectivity index (χ0v) is 13.2. The third-order valence-corrected chi connectivity index (χ3v) is 4.09. The first-order chi connectivity index (χ1) is 11.7. The molecule has 4 rings (SSSR count). The fraction of sp³-hybridized carbons (Fsp3) is 0.312. The van der Waals surface area contributed by atoms with E-state index in [0.717, 1.165) is 18.4 Å². The van der Waals surface area contributed by atoms with Gasteiger partial charge in [-0.15, -0.1) is 0 Å². The topological polar surface area (TPSA) is 87.7 Å². The van der Waals surface area contributed by atoms with Gasteiger partial charge in [-0.25, -0.2) is 4.79 Å². The number of tetrazole rings is 1. The molecule has 0 saturated heterocycles. The monoisotopic (exact) mass is 324 g/mol. The Labute approximate surface area is 137 Å². The molecule has 0 N–H and O–H groups in total. The van der Waals surface area contributed by atoms with E-state index in [4.69, 9.17) is 4.74 Å². The number of ether oxygens (including phenoxy) is 1. The summed E-state index contributed by atoms with van der Waals surface area (Å²) in [6.45, 7) is 0.330. The molecule has 1 aliphatic rings. The molecule has 24 heavy (non-hydrogen) atoms. The Balaban J connectivity index is 1.75. The Bertz CT molecular complexity index is 914. The summed E-state index contributed by atoms with van der Waals surface area (Å²) in [6, 6.07) is 7.65. The molecule has 1 saturated carbocycles. The van der Waals surface area contributed by atoms with Crippen LogP contribution >= 0.6 is 0 Å². The van der Waals surface area contributed by atoms with Crippen LogP contribution in [0.1, 0.15) is 29.9 Å². The van der Waals surface area contributed by atoms with Gasteiger partial charge in [0.15, 0.2) is 0 Å². The SMILES string of the molecule is Cn1nnn(-c2cccc(C3CC3)c2COc2ccnnc2)c1=O. The van der Waals surface area contributed by atoms with Crippen molar-refractivity contribution in [3.8, 4) is 11.4 Å². The molecule has 0 unspecified atom stereocenters. The van der Waals surface area contributed by atoms with Gasteiger partial charge in [0.2, 0.25) is 0 Å². The number of hydrogen-bond donors (Lipinski definition) is 0. The second kappa shape index (κ2) is 5.88. The third-order valence-electron chi connectivity index (χ3n) is 4.09. The molecule has 0 bridgehead atoms. The first kappa shape index (κ1) is 14.6. The second-order valence-electron chi connectivity index (χ2n) is 5.78. The van der Waals surface area contributed by atoms with Crippen LogP contribution in [0.5, 0.6) is 5.75 Å². The molecule has 0 aliphatic heterocycles. The number of benzene rings is 1. The number of aryl methyl sites for hydroxylation is 1. The summed E-state index contributed by atoms with van der Waals surface area (Å²) in [6.07, 6.45) is 5.45. The number of aromatic nitrogens is 6. The molecule has 1 fully saturated rings. The van der Waals surface area contributed by atoms with Gasteiger partial charge < -0.3 is 4.74 Å². The van der Waals surface area contributed by atoms with E-state index in [2.05, 4.69) is 26.7 Å². The van der Waals surface area contributed by atoms with Gasteiger partial charge in [0.1, 0.15) is 12.4 Å². The predicted molar refractivity (Wildman–Crippen MR) is 84.9 cm³/mol. The lowest BCUT2D eigenvalue weighted by atomic mass is 10.0. The van der Waals surface area contributed by atoms with Crippen LogP contribution in [0.25, 0.3) is 5.69 Å². The summed E-state index contributed by atoms with van der Waals surface area (Å²) in [4.78, 5) is 12.2. The molecular weight excluding hydrogens is 308 g/mol. The second-order valence-corrected chi connectivity index (χ2v) is 5.78. The van der Waals surface area contributed by atoms with Crippen molar-refractivity contribution < 1.29 is 4.74 Å². The lowest BCUT2D eigenvalue weighted by Crippen LogP contribution is -2.23. The van der Waals surface area contributed by atoms with Crippen LogP contribution < -0.4 is 10.4 Å². The van der Waals surface area contributed by atoms with Gasteiger partial charge in [0.25, 0.3) is 0 Å². The average Bonchev–Trinajstić information content (AvgIpc) is 3.41. The van der Waals surface area contributed by atoms with E-state index in [9.17, 15) is 4.79 Å². The number of rotatable bonds is 5. The molecule has 122 valence electrons. The molecule has 0 amide bonds. The van der Waals surface area contributed by atoms with E-state index >= 15 is 0 Å². The van der Waals surface area contributed by atoms with Crippen molar-refractivity contribution in [2.24, 2.45) is 7.05 Å². The maximum absolute atomic E-state index is 12.2. The maximum atomic E-state index is 12.2. The van der Waals surface area contributed by atoms with Crippen LogP contribution in [0.3, 0.4) is 0 Å². The summed E-state index contributed by atoms with van der Waals surface area (Å²) in [5, 5.41) is 15.3. The van der Waals surface area contributed by atoms with Gasteiger partial charge in [0, 0.05) is 18.7 Å². The van der Waals surface area contributed by atoms with Crippen molar-refractivity contribution in [1.29, 1.82) is 0 Å².